The van der Waals surface area contributed by atoms with Gasteiger partial charge in [0.15, 0.2) is 6.10 Å². The smallest absolute Gasteiger partial charge is 0.462 e. The lowest BCUT2D eigenvalue weighted by molar-refractivity contribution is -0.870. The number of phosphoric acid groups is 1. The van der Waals surface area contributed by atoms with Gasteiger partial charge in [0.25, 0.3) is 0 Å². The molecule has 0 fully saturated rings. The maximum Gasteiger partial charge on any atom is 0.472 e. The van der Waals surface area contributed by atoms with Gasteiger partial charge < -0.3 is 18.9 Å². The first-order valence-corrected chi connectivity index (χ1v) is 22.1. The number of likely N-dealkylation sites (N-methyl/N-ethyl adjacent to an activating group) is 1. The second kappa shape index (κ2) is 36.6. The standard InChI is InChI=1S/C45H74NO8P/c1-6-8-10-12-14-16-18-20-21-22-23-24-26-27-29-31-33-35-37-44(47)51-41-43(42-53-55(49,50)52-40-39-46(3,4)5)54-45(48)38-36-34-32-30-28-25-19-17-15-13-11-9-7-2/h9-24,43H,6-8,25-42H2,1-5H3/p+1/b11-9+,12-10+,15-13+,16-14+,19-17+,20-18+,22-21+,24-23+. The number of esters is 2. The summed E-state index contributed by atoms with van der Waals surface area (Å²) in [7, 11) is 1.42. The highest BCUT2D eigenvalue weighted by molar-refractivity contribution is 7.47. The van der Waals surface area contributed by atoms with Crippen LogP contribution in [0.15, 0.2) is 97.2 Å². The first-order valence-electron chi connectivity index (χ1n) is 20.6. The Morgan fingerprint density at radius 1 is 0.582 bits per heavy atom. The zero-order chi connectivity index (χ0) is 40.7. The molecule has 0 amide bonds. The lowest BCUT2D eigenvalue weighted by Crippen LogP contribution is -2.37. The van der Waals surface area contributed by atoms with Gasteiger partial charge in [-0.15, -0.1) is 0 Å². The average molecular weight is 789 g/mol. The maximum atomic E-state index is 12.6. The number of quaternary nitrogens is 1. The number of rotatable bonds is 35. The fraction of sp³-hybridized carbons (Fsp3) is 0.600. The van der Waals surface area contributed by atoms with Gasteiger partial charge in [0, 0.05) is 12.8 Å². The van der Waals surface area contributed by atoms with Gasteiger partial charge in [0.2, 0.25) is 0 Å². The summed E-state index contributed by atoms with van der Waals surface area (Å²) in [5.41, 5.74) is 0. The monoisotopic (exact) mass is 789 g/mol. The van der Waals surface area contributed by atoms with Crippen molar-refractivity contribution in [2.24, 2.45) is 0 Å². The van der Waals surface area contributed by atoms with E-state index in [2.05, 4.69) is 56.4 Å². The minimum Gasteiger partial charge on any atom is -0.462 e. The van der Waals surface area contributed by atoms with Gasteiger partial charge >= 0.3 is 19.8 Å². The zero-order valence-electron chi connectivity index (χ0n) is 34.9. The normalized spacial score (nSPS) is 14.7. The van der Waals surface area contributed by atoms with Crippen LogP contribution in [-0.4, -0.2) is 74.9 Å². The molecule has 0 saturated carbocycles. The summed E-state index contributed by atoms with van der Waals surface area (Å²) < 4.78 is 34.2. The Labute approximate surface area is 334 Å². The molecule has 2 atom stereocenters. The molecule has 10 heteroatoms. The number of hydrogen-bond donors (Lipinski definition) is 1. The number of nitrogens with zero attached hydrogens (tertiary/aromatic N) is 1. The SMILES string of the molecule is CC/C=C/C=C/C=C/CCCCCCCC(=O)OC(COC(=O)CCCCCCC/C=C/C=C/C=C/C=C/C=C/CCC)COP(=O)(O)OCC[N+](C)(C)C. The van der Waals surface area contributed by atoms with E-state index < -0.39 is 32.5 Å². The van der Waals surface area contributed by atoms with Gasteiger partial charge in [-0.2, -0.15) is 0 Å². The Bertz CT molecular complexity index is 1260. The molecule has 0 bridgehead atoms. The Morgan fingerprint density at radius 3 is 1.55 bits per heavy atom. The van der Waals surface area contributed by atoms with Crippen LogP contribution in [0, 0.1) is 0 Å². The van der Waals surface area contributed by atoms with Crippen molar-refractivity contribution in [2.45, 2.75) is 129 Å². The molecule has 55 heavy (non-hydrogen) atoms. The minimum absolute atomic E-state index is 0.0164. The molecule has 0 heterocycles. The molecule has 0 saturated heterocycles. The molecule has 0 rings (SSSR count). The molecule has 9 nitrogen and oxygen atoms in total. The van der Waals surface area contributed by atoms with Crippen molar-refractivity contribution >= 4 is 19.8 Å². The number of hydrogen-bond acceptors (Lipinski definition) is 7. The fourth-order valence-electron chi connectivity index (χ4n) is 4.81. The van der Waals surface area contributed by atoms with Crippen molar-refractivity contribution in [1.29, 1.82) is 0 Å². The zero-order valence-corrected chi connectivity index (χ0v) is 35.8. The van der Waals surface area contributed by atoms with Crippen LogP contribution < -0.4 is 0 Å². The summed E-state index contributed by atoms with van der Waals surface area (Å²) in [5.74, 6) is -0.865. The molecular weight excluding hydrogens is 713 g/mol. The summed E-state index contributed by atoms with van der Waals surface area (Å²) in [6, 6.07) is 0. The van der Waals surface area contributed by atoms with Gasteiger partial charge in [0.1, 0.15) is 19.8 Å². The van der Waals surface area contributed by atoms with E-state index in [4.69, 9.17) is 18.5 Å². The third kappa shape index (κ3) is 40.4. The summed E-state index contributed by atoms with van der Waals surface area (Å²) >= 11 is 0. The van der Waals surface area contributed by atoms with Gasteiger partial charge in [-0.3, -0.25) is 18.6 Å². The highest BCUT2D eigenvalue weighted by Crippen LogP contribution is 2.43. The van der Waals surface area contributed by atoms with Crippen molar-refractivity contribution in [3.05, 3.63) is 97.2 Å². The Morgan fingerprint density at radius 2 is 1.04 bits per heavy atom. The summed E-state index contributed by atoms with van der Waals surface area (Å²) in [5, 5.41) is 0. The Hall–Kier alpha value is -3.07. The summed E-state index contributed by atoms with van der Waals surface area (Å²) in [6.07, 6.45) is 47.4. The predicted molar refractivity (Wildman–Crippen MR) is 228 cm³/mol. The second-order valence-electron chi connectivity index (χ2n) is 14.5. The van der Waals surface area contributed by atoms with Crippen molar-refractivity contribution in [2.75, 3.05) is 47.5 Å². The highest BCUT2D eigenvalue weighted by Gasteiger charge is 2.27. The number of allylic oxidation sites excluding steroid dienone is 16. The third-order valence-corrected chi connectivity index (χ3v) is 9.00. The van der Waals surface area contributed by atoms with Crippen molar-refractivity contribution < 1.29 is 42.1 Å². The van der Waals surface area contributed by atoms with Crippen LogP contribution in [0.2, 0.25) is 0 Å². The molecule has 0 radical (unpaired) electrons. The lowest BCUT2D eigenvalue weighted by atomic mass is 10.1. The number of phosphoric ester groups is 1. The van der Waals surface area contributed by atoms with E-state index in [9.17, 15) is 19.0 Å². The van der Waals surface area contributed by atoms with Crippen molar-refractivity contribution in [1.82, 2.24) is 0 Å². The van der Waals surface area contributed by atoms with E-state index in [1.54, 1.807) is 0 Å². The van der Waals surface area contributed by atoms with Crippen LogP contribution in [0.25, 0.3) is 0 Å². The molecule has 312 valence electrons. The van der Waals surface area contributed by atoms with Crippen LogP contribution in [-0.2, 0) is 32.7 Å². The maximum absolute atomic E-state index is 12.6. The largest absolute Gasteiger partial charge is 0.472 e. The van der Waals surface area contributed by atoms with E-state index in [0.29, 0.717) is 23.9 Å². The van der Waals surface area contributed by atoms with Gasteiger partial charge in [-0.05, 0) is 51.4 Å². The number of carbonyl (C=O) groups excluding carboxylic acids is 2. The molecule has 0 aliphatic heterocycles. The molecule has 2 unspecified atom stereocenters. The Balaban J connectivity index is 4.50. The average Bonchev–Trinajstić information content (AvgIpc) is 3.13. The van der Waals surface area contributed by atoms with Gasteiger partial charge in [0.05, 0.1) is 27.7 Å². The molecule has 0 aliphatic rings. The second-order valence-corrected chi connectivity index (χ2v) is 15.9. The number of unbranched alkanes of at least 4 members (excludes halogenated alkanes) is 11. The van der Waals surface area contributed by atoms with Gasteiger partial charge in [-0.25, -0.2) is 4.57 Å². The third-order valence-electron chi connectivity index (χ3n) is 8.02. The molecule has 0 aromatic carbocycles. The molecule has 0 aliphatic carbocycles. The van der Waals surface area contributed by atoms with E-state index >= 15 is 0 Å². The van der Waals surface area contributed by atoms with Crippen LogP contribution in [0.5, 0.6) is 0 Å². The van der Waals surface area contributed by atoms with Crippen LogP contribution in [0.1, 0.15) is 123 Å². The van der Waals surface area contributed by atoms with Crippen LogP contribution in [0.4, 0.5) is 0 Å². The molecule has 0 aromatic rings. The van der Waals surface area contributed by atoms with Gasteiger partial charge in [-0.1, -0.05) is 156 Å². The Kier molecular flexibility index (Phi) is 34.5. The summed E-state index contributed by atoms with van der Waals surface area (Å²) in [6.45, 7) is 4.10. The van der Waals surface area contributed by atoms with E-state index in [1.165, 1.54) is 6.42 Å². The molecule has 0 spiro atoms. The number of ether oxygens (including phenoxy) is 2. The summed E-state index contributed by atoms with van der Waals surface area (Å²) in [4.78, 5) is 35.3. The lowest BCUT2D eigenvalue weighted by Gasteiger charge is -2.24. The minimum atomic E-state index is -4.39. The van der Waals surface area contributed by atoms with Crippen LogP contribution in [0.3, 0.4) is 0 Å². The van der Waals surface area contributed by atoms with E-state index in [0.717, 1.165) is 77.0 Å². The van der Waals surface area contributed by atoms with E-state index in [-0.39, 0.29) is 26.1 Å². The quantitative estimate of drug-likeness (QED) is 0.0222. The predicted octanol–water partition coefficient (Wildman–Crippen LogP) is 11.4. The van der Waals surface area contributed by atoms with Crippen LogP contribution >= 0.6 is 7.82 Å². The first kappa shape index (κ1) is 51.9. The first-order chi connectivity index (χ1) is 26.5. The topological polar surface area (TPSA) is 108 Å². The number of carbonyl (C=O) groups is 2. The molecule has 0 aromatic heterocycles. The molecular formula is C45H75NO8P+. The highest BCUT2D eigenvalue weighted by atomic mass is 31.2. The van der Waals surface area contributed by atoms with E-state index in [1.807, 2.05) is 75.8 Å². The fourth-order valence-corrected chi connectivity index (χ4v) is 5.55. The van der Waals surface area contributed by atoms with Crippen molar-refractivity contribution in [3.63, 3.8) is 0 Å². The van der Waals surface area contributed by atoms with Crippen molar-refractivity contribution in [3.8, 4) is 0 Å². The molecule has 1 N–H and O–H groups in total.